The van der Waals surface area contributed by atoms with Crippen LogP contribution in [0.1, 0.15) is 63.7 Å². The zero-order valence-corrected chi connectivity index (χ0v) is 18.4. The Labute approximate surface area is 176 Å². The lowest BCUT2D eigenvalue weighted by Gasteiger charge is -2.32. The SMILES string of the molecule is C[C@@H]1C(N2C3=C(CCCC3)N3Cc4cc5sc6ccccc6c5cc4C32)C1(C)C. The van der Waals surface area contributed by atoms with Crippen molar-refractivity contribution in [1.29, 1.82) is 0 Å². The zero-order valence-electron chi connectivity index (χ0n) is 17.5. The Bertz CT molecular complexity index is 1220. The fourth-order valence-corrected chi connectivity index (χ4v) is 7.73. The molecular formula is C26H28N2S. The van der Waals surface area contributed by atoms with Crippen molar-refractivity contribution in [3.8, 4) is 0 Å². The molecule has 0 saturated heterocycles. The van der Waals surface area contributed by atoms with Gasteiger partial charge in [0.15, 0.2) is 0 Å². The van der Waals surface area contributed by atoms with Crippen LogP contribution in [0, 0.1) is 11.3 Å². The number of fused-ring (bicyclic) bond motifs is 7. The molecule has 1 aromatic heterocycles. The Morgan fingerprint density at radius 2 is 1.72 bits per heavy atom. The van der Waals surface area contributed by atoms with Gasteiger partial charge in [-0.2, -0.15) is 0 Å². The van der Waals surface area contributed by atoms with E-state index in [1.807, 2.05) is 11.3 Å². The fraction of sp³-hybridized carbons (Fsp3) is 0.462. The van der Waals surface area contributed by atoms with Crippen molar-refractivity contribution in [2.45, 2.75) is 65.2 Å². The highest BCUT2D eigenvalue weighted by Crippen LogP contribution is 2.63. The Kier molecular flexibility index (Phi) is 3.10. The van der Waals surface area contributed by atoms with E-state index in [1.165, 1.54) is 45.9 Å². The molecule has 0 N–H and O–H groups in total. The molecule has 3 aromatic rings. The minimum Gasteiger partial charge on any atom is -0.345 e. The topological polar surface area (TPSA) is 6.48 Å². The maximum Gasteiger partial charge on any atom is 0.129 e. The molecule has 0 amide bonds. The van der Waals surface area contributed by atoms with Gasteiger partial charge in [0.2, 0.25) is 0 Å². The minimum atomic E-state index is 0.424. The monoisotopic (exact) mass is 400 g/mol. The van der Waals surface area contributed by atoms with Crippen molar-refractivity contribution in [3.05, 3.63) is 58.9 Å². The molecular weight excluding hydrogens is 372 g/mol. The first kappa shape index (κ1) is 16.8. The molecule has 0 spiro atoms. The molecule has 2 nitrogen and oxygen atoms in total. The summed E-state index contributed by atoms with van der Waals surface area (Å²) in [7, 11) is 0. The highest BCUT2D eigenvalue weighted by molar-refractivity contribution is 7.25. The molecule has 2 aromatic carbocycles. The number of hydrogen-bond donors (Lipinski definition) is 0. The van der Waals surface area contributed by atoms with E-state index < -0.39 is 0 Å². The number of rotatable bonds is 1. The molecule has 1 saturated carbocycles. The van der Waals surface area contributed by atoms with E-state index >= 15 is 0 Å². The smallest absolute Gasteiger partial charge is 0.129 e. The third-order valence-corrected chi connectivity index (χ3v) is 9.62. The molecule has 148 valence electrons. The van der Waals surface area contributed by atoms with E-state index in [9.17, 15) is 0 Å². The van der Waals surface area contributed by atoms with E-state index in [-0.39, 0.29) is 0 Å². The summed E-state index contributed by atoms with van der Waals surface area (Å²) in [5.41, 5.74) is 6.91. The standard InChI is InChI=1S/C26H28N2S/c1-15-24(26(15,2)3)28-21-10-6-5-9-20(21)27-14-16-12-23-19(13-18(16)25(27)28)17-8-4-7-11-22(17)29-23/h4,7-8,11-13,15,24-25H,5-6,9-10,14H2,1-3H3/t15-,24?,25?/m1/s1. The van der Waals surface area contributed by atoms with Crippen LogP contribution in [0.15, 0.2) is 47.8 Å². The Morgan fingerprint density at radius 3 is 2.52 bits per heavy atom. The predicted molar refractivity (Wildman–Crippen MR) is 122 cm³/mol. The summed E-state index contributed by atoms with van der Waals surface area (Å²) in [6.45, 7) is 8.50. The van der Waals surface area contributed by atoms with Crippen LogP contribution in [0.25, 0.3) is 20.2 Å². The van der Waals surface area contributed by atoms with E-state index in [2.05, 4.69) is 67.0 Å². The zero-order chi connectivity index (χ0) is 19.5. The summed E-state index contributed by atoms with van der Waals surface area (Å²) < 4.78 is 2.87. The van der Waals surface area contributed by atoms with Crippen LogP contribution in [0.3, 0.4) is 0 Å². The molecule has 2 unspecified atom stereocenters. The maximum absolute atomic E-state index is 2.88. The molecule has 3 heteroatoms. The maximum atomic E-state index is 2.88. The van der Waals surface area contributed by atoms with Crippen LogP contribution in [0.5, 0.6) is 0 Å². The van der Waals surface area contributed by atoms with Gasteiger partial charge in [0, 0.05) is 49.7 Å². The first-order valence-corrected chi connectivity index (χ1v) is 12.1. The molecule has 1 fully saturated rings. The van der Waals surface area contributed by atoms with Crippen LogP contribution in [-0.4, -0.2) is 15.8 Å². The summed E-state index contributed by atoms with van der Waals surface area (Å²) in [4.78, 5) is 5.65. The van der Waals surface area contributed by atoms with Gasteiger partial charge >= 0.3 is 0 Å². The number of allylic oxidation sites excluding steroid dienone is 2. The summed E-state index contributed by atoms with van der Waals surface area (Å²) in [6, 6.07) is 14.7. The van der Waals surface area contributed by atoms with Gasteiger partial charge in [-0.3, -0.25) is 0 Å². The molecule has 4 aliphatic rings. The first-order valence-electron chi connectivity index (χ1n) is 11.3. The molecule has 0 bridgehead atoms. The van der Waals surface area contributed by atoms with Crippen molar-refractivity contribution < 1.29 is 0 Å². The molecule has 0 radical (unpaired) electrons. The molecule has 7 rings (SSSR count). The molecule has 3 atom stereocenters. The number of nitrogens with zero attached hydrogens (tertiary/aromatic N) is 2. The van der Waals surface area contributed by atoms with Crippen molar-refractivity contribution in [1.82, 2.24) is 9.80 Å². The number of hydrogen-bond acceptors (Lipinski definition) is 3. The number of thiophene rings is 1. The minimum absolute atomic E-state index is 0.424. The van der Waals surface area contributed by atoms with Gasteiger partial charge in [0.25, 0.3) is 0 Å². The van der Waals surface area contributed by atoms with Crippen molar-refractivity contribution in [2.75, 3.05) is 0 Å². The van der Waals surface area contributed by atoms with Crippen molar-refractivity contribution in [3.63, 3.8) is 0 Å². The first-order chi connectivity index (χ1) is 14.1. The fourth-order valence-electron chi connectivity index (χ4n) is 6.58. The highest BCUT2D eigenvalue weighted by Gasteiger charge is 2.62. The lowest BCUT2D eigenvalue weighted by atomic mass is 9.99. The van der Waals surface area contributed by atoms with Crippen molar-refractivity contribution >= 4 is 31.5 Å². The summed E-state index contributed by atoms with van der Waals surface area (Å²) in [5.74, 6) is 0.771. The van der Waals surface area contributed by atoms with Crippen LogP contribution >= 0.6 is 11.3 Å². The van der Waals surface area contributed by atoms with Crippen LogP contribution in [0.4, 0.5) is 0 Å². The highest BCUT2D eigenvalue weighted by atomic mass is 32.1. The molecule has 3 heterocycles. The summed E-state index contributed by atoms with van der Waals surface area (Å²) in [6.07, 6.45) is 5.70. The third kappa shape index (κ3) is 2.02. The van der Waals surface area contributed by atoms with Gasteiger partial charge in [0.05, 0.1) is 0 Å². The number of benzene rings is 2. The average molecular weight is 401 g/mol. The van der Waals surface area contributed by atoms with E-state index in [4.69, 9.17) is 0 Å². The normalized spacial score (nSPS) is 29.6. The van der Waals surface area contributed by atoms with Gasteiger partial charge < -0.3 is 9.80 Å². The van der Waals surface area contributed by atoms with Gasteiger partial charge in [-0.25, -0.2) is 0 Å². The Balaban J connectivity index is 1.42. The van der Waals surface area contributed by atoms with Crippen LogP contribution in [-0.2, 0) is 6.54 Å². The van der Waals surface area contributed by atoms with Gasteiger partial charge in [-0.1, -0.05) is 39.0 Å². The van der Waals surface area contributed by atoms with E-state index in [1.54, 1.807) is 22.5 Å². The lowest BCUT2D eigenvalue weighted by molar-refractivity contribution is 0.132. The second-order valence-electron chi connectivity index (χ2n) is 10.2. The predicted octanol–water partition coefficient (Wildman–Crippen LogP) is 7.01. The van der Waals surface area contributed by atoms with Crippen LogP contribution in [0.2, 0.25) is 0 Å². The Hall–Kier alpha value is -2.00. The lowest BCUT2D eigenvalue weighted by Crippen LogP contribution is -2.32. The van der Waals surface area contributed by atoms with E-state index in [0.29, 0.717) is 17.6 Å². The largest absolute Gasteiger partial charge is 0.345 e. The van der Waals surface area contributed by atoms with Gasteiger partial charge in [-0.15, -0.1) is 11.3 Å². The Morgan fingerprint density at radius 1 is 0.966 bits per heavy atom. The van der Waals surface area contributed by atoms with Crippen LogP contribution < -0.4 is 0 Å². The molecule has 2 aliphatic heterocycles. The quantitative estimate of drug-likeness (QED) is 0.433. The summed E-state index contributed by atoms with van der Waals surface area (Å²) >= 11 is 1.95. The van der Waals surface area contributed by atoms with E-state index in [0.717, 1.165) is 12.5 Å². The average Bonchev–Trinajstić information content (AvgIpc) is 3.12. The third-order valence-electron chi connectivity index (χ3n) is 8.48. The van der Waals surface area contributed by atoms with Gasteiger partial charge in [0.1, 0.15) is 6.17 Å². The second-order valence-corrected chi connectivity index (χ2v) is 11.3. The second kappa shape index (κ2) is 5.37. The molecule has 2 aliphatic carbocycles. The summed E-state index contributed by atoms with van der Waals surface area (Å²) in [5, 5.41) is 2.88. The van der Waals surface area contributed by atoms with Gasteiger partial charge in [-0.05, 0) is 60.8 Å². The molecule has 29 heavy (non-hydrogen) atoms. The van der Waals surface area contributed by atoms with Crippen molar-refractivity contribution in [2.24, 2.45) is 11.3 Å².